The predicted molar refractivity (Wildman–Crippen MR) is 90.8 cm³/mol. The summed E-state index contributed by atoms with van der Waals surface area (Å²) in [6.07, 6.45) is 4.03. The van der Waals surface area contributed by atoms with Crippen LogP contribution in [0.1, 0.15) is 33.3 Å². The number of hydrogen-bond donors (Lipinski definition) is 1. The third kappa shape index (κ3) is 4.33. The quantitative estimate of drug-likeness (QED) is 0.804. The largest absolute Gasteiger partial charge is 0.489 e. The van der Waals surface area contributed by atoms with Gasteiger partial charge in [0.05, 0.1) is 0 Å². The van der Waals surface area contributed by atoms with Crippen LogP contribution in [0.2, 0.25) is 0 Å². The van der Waals surface area contributed by atoms with Gasteiger partial charge < -0.3 is 10.1 Å². The minimum Gasteiger partial charge on any atom is -0.489 e. The summed E-state index contributed by atoms with van der Waals surface area (Å²) in [5.74, 6) is 0.962. The lowest BCUT2D eigenvalue weighted by Crippen LogP contribution is -2.35. The second-order valence-electron chi connectivity index (χ2n) is 6.25. The van der Waals surface area contributed by atoms with Crippen LogP contribution in [0.3, 0.4) is 0 Å². The van der Waals surface area contributed by atoms with Crippen molar-refractivity contribution in [2.24, 2.45) is 0 Å². The van der Waals surface area contributed by atoms with Gasteiger partial charge >= 0.3 is 0 Å². The van der Waals surface area contributed by atoms with Crippen LogP contribution in [0, 0.1) is 0 Å². The zero-order chi connectivity index (χ0) is 15.3. The Morgan fingerprint density at radius 3 is 2.57 bits per heavy atom. The van der Waals surface area contributed by atoms with Gasteiger partial charge in [0.1, 0.15) is 12.4 Å². The van der Waals surface area contributed by atoms with E-state index in [-0.39, 0.29) is 5.54 Å². The molecule has 2 nitrogen and oxygen atoms in total. The average molecular weight is 283 g/mol. The van der Waals surface area contributed by atoms with Crippen molar-refractivity contribution in [3.05, 3.63) is 54.1 Å². The number of rotatable bonds is 5. The molecule has 0 spiro atoms. The molecular formula is C19H25NO. The molecule has 0 aliphatic carbocycles. The van der Waals surface area contributed by atoms with Gasteiger partial charge in [0.2, 0.25) is 0 Å². The molecule has 0 heterocycles. The number of ether oxygens (including phenoxy) is 1. The molecule has 0 bridgehead atoms. The lowest BCUT2D eigenvalue weighted by atomic mass is 10.0. The first-order chi connectivity index (χ1) is 10.0. The number of nitrogens with one attached hydrogen (secondary N) is 1. The van der Waals surface area contributed by atoms with Gasteiger partial charge in [0.15, 0.2) is 0 Å². The van der Waals surface area contributed by atoms with Crippen LogP contribution in [0.15, 0.2) is 48.6 Å². The SMILES string of the molecule is CC=CCOc1ccc2ccccc2c1CNC(C)(C)C. The van der Waals surface area contributed by atoms with Crippen molar-refractivity contribution in [2.45, 2.75) is 39.8 Å². The Balaban J connectivity index is 2.36. The lowest BCUT2D eigenvalue weighted by Gasteiger charge is -2.22. The number of hydrogen-bond acceptors (Lipinski definition) is 2. The molecule has 2 heteroatoms. The molecule has 2 aromatic carbocycles. The Bertz CT molecular complexity index is 623. The molecule has 21 heavy (non-hydrogen) atoms. The van der Waals surface area contributed by atoms with E-state index < -0.39 is 0 Å². The van der Waals surface area contributed by atoms with Gasteiger partial charge in [-0.2, -0.15) is 0 Å². The molecule has 0 fully saturated rings. The topological polar surface area (TPSA) is 21.3 Å². The first-order valence-corrected chi connectivity index (χ1v) is 7.51. The van der Waals surface area contributed by atoms with Gasteiger partial charge in [0, 0.05) is 17.6 Å². The van der Waals surface area contributed by atoms with E-state index in [0.717, 1.165) is 12.3 Å². The molecule has 0 aliphatic heterocycles. The number of benzene rings is 2. The van der Waals surface area contributed by atoms with Crippen LogP contribution in [0.4, 0.5) is 0 Å². The summed E-state index contributed by atoms with van der Waals surface area (Å²) in [6.45, 7) is 9.95. The molecule has 0 saturated carbocycles. The maximum absolute atomic E-state index is 5.92. The molecule has 0 aliphatic rings. The van der Waals surface area contributed by atoms with E-state index in [2.05, 4.69) is 62.5 Å². The van der Waals surface area contributed by atoms with Gasteiger partial charge in [0.25, 0.3) is 0 Å². The molecule has 2 rings (SSSR count). The van der Waals surface area contributed by atoms with Gasteiger partial charge in [-0.3, -0.25) is 0 Å². The van der Waals surface area contributed by atoms with Gasteiger partial charge in [-0.25, -0.2) is 0 Å². The Hall–Kier alpha value is -1.80. The second-order valence-corrected chi connectivity index (χ2v) is 6.25. The van der Waals surface area contributed by atoms with Gasteiger partial charge in [-0.15, -0.1) is 0 Å². The van der Waals surface area contributed by atoms with Crippen molar-refractivity contribution in [1.82, 2.24) is 5.32 Å². The third-order valence-electron chi connectivity index (χ3n) is 3.36. The molecule has 2 aromatic rings. The van der Waals surface area contributed by atoms with E-state index in [9.17, 15) is 0 Å². The Morgan fingerprint density at radius 1 is 1.10 bits per heavy atom. The first-order valence-electron chi connectivity index (χ1n) is 7.51. The maximum Gasteiger partial charge on any atom is 0.124 e. The van der Waals surface area contributed by atoms with E-state index in [0.29, 0.717) is 6.61 Å². The second kappa shape index (κ2) is 6.77. The van der Waals surface area contributed by atoms with Crippen LogP contribution in [0.5, 0.6) is 5.75 Å². The molecule has 0 aromatic heterocycles. The van der Waals surface area contributed by atoms with Crippen LogP contribution >= 0.6 is 0 Å². The molecule has 112 valence electrons. The summed E-state index contributed by atoms with van der Waals surface area (Å²) in [6, 6.07) is 12.7. The van der Waals surface area contributed by atoms with Crippen LogP contribution < -0.4 is 10.1 Å². The van der Waals surface area contributed by atoms with E-state index in [1.165, 1.54) is 16.3 Å². The smallest absolute Gasteiger partial charge is 0.124 e. The van der Waals surface area contributed by atoms with Crippen molar-refractivity contribution in [3.63, 3.8) is 0 Å². The standard InChI is InChI=1S/C19H25NO/c1-5-6-13-21-18-12-11-15-9-7-8-10-16(15)17(18)14-20-19(2,3)4/h5-12,20H,13-14H2,1-4H3. The highest BCUT2D eigenvalue weighted by molar-refractivity contribution is 5.87. The highest BCUT2D eigenvalue weighted by Crippen LogP contribution is 2.28. The average Bonchev–Trinajstić information content (AvgIpc) is 2.45. The highest BCUT2D eigenvalue weighted by Gasteiger charge is 2.13. The minimum atomic E-state index is 0.0809. The Kier molecular flexibility index (Phi) is 5.03. The van der Waals surface area contributed by atoms with Crippen LogP contribution in [-0.2, 0) is 6.54 Å². The molecule has 0 amide bonds. The number of fused-ring (bicyclic) bond motifs is 1. The zero-order valence-corrected chi connectivity index (χ0v) is 13.4. The van der Waals surface area contributed by atoms with Crippen LogP contribution in [-0.4, -0.2) is 12.1 Å². The summed E-state index contributed by atoms with van der Waals surface area (Å²) >= 11 is 0. The minimum absolute atomic E-state index is 0.0809. The predicted octanol–water partition coefficient (Wildman–Crippen LogP) is 4.68. The Labute approximate surface area is 127 Å². The van der Waals surface area contributed by atoms with E-state index >= 15 is 0 Å². The summed E-state index contributed by atoms with van der Waals surface area (Å²) in [5.41, 5.74) is 1.31. The van der Waals surface area contributed by atoms with Crippen molar-refractivity contribution < 1.29 is 4.74 Å². The fourth-order valence-electron chi connectivity index (χ4n) is 2.22. The highest BCUT2D eigenvalue weighted by atomic mass is 16.5. The summed E-state index contributed by atoms with van der Waals surface area (Å²) in [5, 5.41) is 6.07. The maximum atomic E-state index is 5.92. The van der Waals surface area contributed by atoms with E-state index in [1.807, 2.05) is 19.1 Å². The van der Waals surface area contributed by atoms with Crippen molar-refractivity contribution in [3.8, 4) is 5.75 Å². The molecule has 0 radical (unpaired) electrons. The zero-order valence-electron chi connectivity index (χ0n) is 13.4. The fourth-order valence-corrected chi connectivity index (χ4v) is 2.22. The molecule has 0 unspecified atom stereocenters. The van der Waals surface area contributed by atoms with Crippen molar-refractivity contribution in [2.75, 3.05) is 6.61 Å². The van der Waals surface area contributed by atoms with Crippen molar-refractivity contribution in [1.29, 1.82) is 0 Å². The lowest BCUT2D eigenvalue weighted by molar-refractivity contribution is 0.353. The molecule has 0 atom stereocenters. The van der Waals surface area contributed by atoms with Gasteiger partial charge in [-0.1, -0.05) is 42.5 Å². The van der Waals surface area contributed by atoms with E-state index in [1.54, 1.807) is 0 Å². The first kappa shape index (κ1) is 15.6. The molecular weight excluding hydrogens is 258 g/mol. The summed E-state index contributed by atoms with van der Waals surface area (Å²) in [7, 11) is 0. The summed E-state index contributed by atoms with van der Waals surface area (Å²) < 4.78 is 5.92. The molecule has 1 N–H and O–H groups in total. The Morgan fingerprint density at radius 2 is 1.86 bits per heavy atom. The molecule has 0 saturated heterocycles. The van der Waals surface area contributed by atoms with E-state index in [4.69, 9.17) is 4.74 Å². The fraction of sp³-hybridized carbons (Fsp3) is 0.368. The van der Waals surface area contributed by atoms with Gasteiger partial charge in [-0.05, 0) is 44.5 Å². The number of allylic oxidation sites excluding steroid dienone is 1. The monoisotopic (exact) mass is 283 g/mol. The summed E-state index contributed by atoms with van der Waals surface area (Å²) in [4.78, 5) is 0. The third-order valence-corrected chi connectivity index (χ3v) is 3.36. The van der Waals surface area contributed by atoms with Crippen molar-refractivity contribution >= 4 is 10.8 Å². The normalized spacial score (nSPS) is 12.2. The van der Waals surface area contributed by atoms with Crippen LogP contribution in [0.25, 0.3) is 10.8 Å².